The Hall–Kier alpha value is -1.06. The van der Waals surface area contributed by atoms with E-state index in [-0.39, 0.29) is 11.9 Å². The predicted molar refractivity (Wildman–Crippen MR) is 72.7 cm³/mol. The molecule has 0 aromatic heterocycles. The standard InChI is InChI=1S/C15H25NO3/c1-10(2)12-5-4-8-15(9-12,14(18)19)16(11(3)17)13-6-7-13/h10,12-13H,4-9H2,1-3H3,(H,18,19). The number of carbonyl (C=O) groups excluding carboxylic acids is 1. The van der Waals surface area contributed by atoms with E-state index in [1.165, 1.54) is 6.92 Å². The van der Waals surface area contributed by atoms with Gasteiger partial charge in [0.05, 0.1) is 0 Å². The Bertz CT molecular complexity index is 376. The molecule has 2 aliphatic rings. The minimum atomic E-state index is -0.944. The van der Waals surface area contributed by atoms with Gasteiger partial charge < -0.3 is 10.0 Å². The maximum Gasteiger partial charge on any atom is 0.329 e. The van der Waals surface area contributed by atoms with Crippen LogP contribution in [0.4, 0.5) is 0 Å². The Kier molecular flexibility index (Phi) is 3.88. The fourth-order valence-electron chi connectivity index (χ4n) is 3.62. The predicted octanol–water partition coefficient (Wildman–Crippen LogP) is 2.67. The lowest BCUT2D eigenvalue weighted by Crippen LogP contribution is -2.60. The number of hydrogen-bond acceptors (Lipinski definition) is 2. The first-order valence-electron chi connectivity index (χ1n) is 7.42. The summed E-state index contributed by atoms with van der Waals surface area (Å²) in [5, 5.41) is 9.79. The van der Waals surface area contributed by atoms with Gasteiger partial charge in [-0.15, -0.1) is 0 Å². The van der Waals surface area contributed by atoms with Crippen molar-refractivity contribution in [1.29, 1.82) is 0 Å². The van der Waals surface area contributed by atoms with Gasteiger partial charge in [0, 0.05) is 13.0 Å². The molecule has 0 aromatic rings. The van der Waals surface area contributed by atoms with Crippen LogP contribution in [-0.2, 0) is 9.59 Å². The summed E-state index contributed by atoms with van der Waals surface area (Å²) in [6, 6.07) is 0.166. The zero-order chi connectivity index (χ0) is 14.2. The third-order valence-electron chi connectivity index (χ3n) is 4.82. The van der Waals surface area contributed by atoms with Crippen LogP contribution in [0.3, 0.4) is 0 Å². The maximum atomic E-state index is 12.0. The molecule has 4 heteroatoms. The fourth-order valence-corrected chi connectivity index (χ4v) is 3.62. The molecule has 2 unspecified atom stereocenters. The van der Waals surface area contributed by atoms with E-state index in [9.17, 15) is 14.7 Å². The van der Waals surface area contributed by atoms with Crippen LogP contribution in [0, 0.1) is 11.8 Å². The summed E-state index contributed by atoms with van der Waals surface area (Å²) in [5.74, 6) is 0.00624. The highest BCUT2D eigenvalue weighted by Crippen LogP contribution is 2.44. The van der Waals surface area contributed by atoms with Crippen LogP contribution in [0.15, 0.2) is 0 Å². The van der Waals surface area contributed by atoms with Gasteiger partial charge in [-0.05, 0) is 43.9 Å². The number of carboxylic acids is 1. The Morgan fingerprint density at radius 1 is 1.26 bits per heavy atom. The van der Waals surface area contributed by atoms with Gasteiger partial charge in [-0.25, -0.2) is 4.79 Å². The monoisotopic (exact) mass is 267 g/mol. The van der Waals surface area contributed by atoms with Crippen LogP contribution >= 0.6 is 0 Å². The van der Waals surface area contributed by atoms with Crippen molar-refractivity contribution in [2.75, 3.05) is 0 Å². The molecule has 0 heterocycles. The van der Waals surface area contributed by atoms with Crippen LogP contribution < -0.4 is 0 Å². The molecule has 2 fully saturated rings. The number of hydrogen-bond donors (Lipinski definition) is 1. The zero-order valence-electron chi connectivity index (χ0n) is 12.2. The molecule has 0 bridgehead atoms. The molecular formula is C15H25NO3. The van der Waals surface area contributed by atoms with E-state index < -0.39 is 11.5 Å². The van der Waals surface area contributed by atoms with Crippen LogP contribution in [-0.4, -0.2) is 33.5 Å². The van der Waals surface area contributed by atoms with Gasteiger partial charge in [-0.3, -0.25) is 4.79 Å². The average molecular weight is 267 g/mol. The summed E-state index contributed by atoms with van der Waals surface area (Å²) in [5.41, 5.74) is -0.944. The molecular weight excluding hydrogens is 242 g/mol. The van der Waals surface area contributed by atoms with Gasteiger partial charge in [0.1, 0.15) is 5.54 Å². The summed E-state index contributed by atoms with van der Waals surface area (Å²) in [6.07, 6.45) is 5.15. The summed E-state index contributed by atoms with van der Waals surface area (Å²) in [6.45, 7) is 5.82. The van der Waals surface area contributed by atoms with E-state index in [1.807, 2.05) is 0 Å². The van der Waals surface area contributed by atoms with Gasteiger partial charge in [0.2, 0.25) is 5.91 Å². The number of amides is 1. The maximum absolute atomic E-state index is 12.0. The molecule has 0 aliphatic heterocycles. The molecule has 2 atom stereocenters. The molecule has 2 rings (SSSR count). The molecule has 0 radical (unpaired) electrons. The first kappa shape index (κ1) is 14.4. The first-order chi connectivity index (χ1) is 8.88. The number of nitrogens with zero attached hydrogens (tertiary/aromatic N) is 1. The van der Waals surface area contributed by atoms with Crippen molar-refractivity contribution in [2.45, 2.75) is 70.9 Å². The Morgan fingerprint density at radius 3 is 2.32 bits per heavy atom. The highest BCUT2D eigenvalue weighted by Gasteiger charge is 2.53. The lowest BCUT2D eigenvalue weighted by molar-refractivity contribution is -0.164. The largest absolute Gasteiger partial charge is 0.479 e. The molecule has 2 aliphatic carbocycles. The van der Waals surface area contributed by atoms with E-state index in [4.69, 9.17) is 0 Å². The molecule has 108 valence electrons. The van der Waals surface area contributed by atoms with Crippen molar-refractivity contribution < 1.29 is 14.7 Å². The quantitative estimate of drug-likeness (QED) is 0.852. The minimum Gasteiger partial charge on any atom is -0.479 e. The third kappa shape index (κ3) is 2.63. The van der Waals surface area contributed by atoms with Crippen LogP contribution in [0.25, 0.3) is 0 Å². The minimum absolute atomic E-state index is 0.0747. The van der Waals surface area contributed by atoms with Gasteiger partial charge >= 0.3 is 5.97 Å². The van der Waals surface area contributed by atoms with Crippen LogP contribution in [0.2, 0.25) is 0 Å². The van der Waals surface area contributed by atoms with Gasteiger partial charge in [-0.1, -0.05) is 20.3 Å². The van der Waals surface area contributed by atoms with Gasteiger partial charge in [0.15, 0.2) is 0 Å². The molecule has 0 aromatic carbocycles. The normalized spacial score (nSPS) is 31.3. The first-order valence-corrected chi connectivity index (χ1v) is 7.42. The summed E-state index contributed by atoms with van der Waals surface area (Å²) >= 11 is 0. The van der Waals surface area contributed by atoms with E-state index in [1.54, 1.807) is 4.90 Å². The van der Waals surface area contributed by atoms with Crippen molar-refractivity contribution in [1.82, 2.24) is 4.90 Å². The second-order valence-electron chi connectivity index (χ2n) is 6.56. The third-order valence-corrected chi connectivity index (χ3v) is 4.82. The summed E-state index contributed by atoms with van der Waals surface area (Å²) < 4.78 is 0. The smallest absolute Gasteiger partial charge is 0.329 e. The lowest BCUT2D eigenvalue weighted by Gasteiger charge is -2.46. The molecule has 1 N–H and O–H groups in total. The number of carboxylic acid groups (broad SMARTS) is 1. The Balaban J connectivity index is 2.30. The van der Waals surface area contributed by atoms with Crippen molar-refractivity contribution in [3.8, 4) is 0 Å². The van der Waals surface area contributed by atoms with Crippen molar-refractivity contribution in [3.63, 3.8) is 0 Å². The van der Waals surface area contributed by atoms with E-state index in [0.717, 1.165) is 25.7 Å². The summed E-state index contributed by atoms with van der Waals surface area (Å²) in [4.78, 5) is 25.6. The number of carbonyl (C=O) groups is 2. The van der Waals surface area contributed by atoms with Gasteiger partial charge in [0.25, 0.3) is 0 Å². The fraction of sp³-hybridized carbons (Fsp3) is 0.867. The Labute approximate surface area is 115 Å². The zero-order valence-corrected chi connectivity index (χ0v) is 12.2. The lowest BCUT2D eigenvalue weighted by atomic mass is 9.70. The van der Waals surface area contributed by atoms with E-state index >= 15 is 0 Å². The second kappa shape index (κ2) is 5.14. The van der Waals surface area contributed by atoms with Crippen molar-refractivity contribution in [3.05, 3.63) is 0 Å². The molecule has 19 heavy (non-hydrogen) atoms. The average Bonchev–Trinajstić information content (AvgIpc) is 3.13. The molecule has 0 spiro atoms. The van der Waals surface area contributed by atoms with Gasteiger partial charge in [-0.2, -0.15) is 0 Å². The molecule has 0 saturated heterocycles. The van der Waals surface area contributed by atoms with Crippen molar-refractivity contribution >= 4 is 11.9 Å². The topological polar surface area (TPSA) is 57.6 Å². The molecule has 4 nitrogen and oxygen atoms in total. The van der Waals surface area contributed by atoms with E-state index in [2.05, 4.69) is 13.8 Å². The Morgan fingerprint density at radius 2 is 1.89 bits per heavy atom. The molecule has 2 saturated carbocycles. The highest BCUT2D eigenvalue weighted by molar-refractivity contribution is 5.86. The number of aliphatic carboxylic acids is 1. The van der Waals surface area contributed by atoms with Crippen molar-refractivity contribution in [2.24, 2.45) is 11.8 Å². The SMILES string of the molecule is CC(=O)N(C1CC1)C1(C(=O)O)CCCC(C(C)C)C1. The van der Waals surface area contributed by atoms with Crippen LogP contribution in [0.1, 0.15) is 59.3 Å². The highest BCUT2D eigenvalue weighted by atomic mass is 16.4. The second-order valence-corrected chi connectivity index (χ2v) is 6.56. The molecule has 1 amide bonds. The number of rotatable bonds is 4. The summed E-state index contributed by atoms with van der Waals surface area (Å²) in [7, 11) is 0. The van der Waals surface area contributed by atoms with Crippen LogP contribution in [0.5, 0.6) is 0 Å². The van der Waals surface area contributed by atoms with E-state index in [0.29, 0.717) is 24.7 Å².